The van der Waals surface area contributed by atoms with Crippen molar-refractivity contribution < 1.29 is 13.6 Å². The van der Waals surface area contributed by atoms with Gasteiger partial charge in [-0.15, -0.1) is 12.4 Å². The number of nitrogens with zero attached hydrogens (tertiary/aromatic N) is 1. The van der Waals surface area contributed by atoms with Crippen LogP contribution in [0.3, 0.4) is 0 Å². The number of nitrogens with two attached hydrogens (primary N) is 1. The quantitative estimate of drug-likeness (QED) is 0.862. The topological polar surface area (TPSA) is 77.1 Å². The molecule has 0 atom stereocenters. The first kappa shape index (κ1) is 18.1. The average Bonchev–Trinajstić information content (AvgIpc) is 2.48. The molecule has 1 aromatic heterocycles. The minimum absolute atomic E-state index is 0. The van der Waals surface area contributed by atoms with Crippen molar-refractivity contribution >= 4 is 29.2 Å². The second-order valence-corrected chi connectivity index (χ2v) is 4.66. The second-order valence-electron chi connectivity index (χ2n) is 4.66. The molecule has 0 aliphatic heterocycles. The van der Waals surface area contributed by atoms with Crippen molar-refractivity contribution in [3.8, 4) is 0 Å². The van der Waals surface area contributed by atoms with E-state index in [9.17, 15) is 18.4 Å². The Hall–Kier alpha value is -1.99. The number of amides is 1. The maximum absolute atomic E-state index is 13.0. The summed E-state index contributed by atoms with van der Waals surface area (Å²) in [5.41, 5.74) is 5.31. The summed E-state index contributed by atoms with van der Waals surface area (Å²) in [5, 5.41) is 2.61. The molecule has 0 bridgehead atoms. The highest BCUT2D eigenvalue weighted by atomic mass is 35.5. The summed E-state index contributed by atoms with van der Waals surface area (Å²) >= 11 is 0. The first-order valence-electron chi connectivity index (χ1n) is 6.36. The van der Waals surface area contributed by atoms with E-state index in [4.69, 9.17) is 5.73 Å². The molecule has 0 radical (unpaired) electrons. The van der Waals surface area contributed by atoms with Gasteiger partial charge in [0.25, 0.3) is 5.92 Å². The molecule has 0 saturated carbocycles. The van der Waals surface area contributed by atoms with Gasteiger partial charge in [-0.2, -0.15) is 0 Å². The SMILES string of the molecule is Cl.NCC(F)(F)CNC(=O)Cn1ccc(=O)c2ccccc21. The molecular weight excluding hydrogens is 316 g/mol. The summed E-state index contributed by atoms with van der Waals surface area (Å²) < 4.78 is 27.5. The molecule has 0 fully saturated rings. The van der Waals surface area contributed by atoms with Crippen molar-refractivity contribution in [2.45, 2.75) is 12.5 Å². The summed E-state index contributed by atoms with van der Waals surface area (Å²) in [6, 6.07) is 8.13. The van der Waals surface area contributed by atoms with Crippen molar-refractivity contribution in [1.82, 2.24) is 9.88 Å². The molecule has 3 N–H and O–H groups in total. The molecule has 5 nitrogen and oxygen atoms in total. The molecule has 0 saturated heterocycles. The summed E-state index contributed by atoms with van der Waals surface area (Å²) in [4.78, 5) is 23.4. The van der Waals surface area contributed by atoms with Crippen LogP contribution in [0.5, 0.6) is 0 Å². The Morgan fingerprint density at radius 3 is 2.64 bits per heavy atom. The van der Waals surface area contributed by atoms with Crippen molar-refractivity contribution in [3.05, 3.63) is 46.8 Å². The van der Waals surface area contributed by atoms with Gasteiger partial charge < -0.3 is 15.6 Å². The van der Waals surface area contributed by atoms with Gasteiger partial charge in [-0.3, -0.25) is 9.59 Å². The van der Waals surface area contributed by atoms with Crippen molar-refractivity contribution in [3.63, 3.8) is 0 Å². The van der Waals surface area contributed by atoms with Gasteiger partial charge in [0.05, 0.1) is 18.6 Å². The number of carbonyl (C=O) groups is 1. The molecule has 2 aromatic rings. The van der Waals surface area contributed by atoms with E-state index in [1.54, 1.807) is 24.3 Å². The lowest BCUT2D eigenvalue weighted by Gasteiger charge is -2.15. The van der Waals surface area contributed by atoms with Gasteiger partial charge in [0.2, 0.25) is 5.91 Å². The Morgan fingerprint density at radius 2 is 1.95 bits per heavy atom. The Morgan fingerprint density at radius 1 is 1.27 bits per heavy atom. The van der Waals surface area contributed by atoms with Crippen LogP contribution >= 0.6 is 12.4 Å². The van der Waals surface area contributed by atoms with Crippen LogP contribution in [0.25, 0.3) is 10.9 Å². The maximum Gasteiger partial charge on any atom is 0.277 e. The van der Waals surface area contributed by atoms with Crippen LogP contribution in [-0.2, 0) is 11.3 Å². The fraction of sp³-hybridized carbons (Fsp3) is 0.286. The van der Waals surface area contributed by atoms with Gasteiger partial charge in [-0.1, -0.05) is 12.1 Å². The lowest BCUT2D eigenvalue weighted by molar-refractivity contribution is -0.123. The third-order valence-corrected chi connectivity index (χ3v) is 3.04. The third kappa shape index (κ3) is 4.25. The molecule has 0 aliphatic rings. The predicted molar refractivity (Wildman–Crippen MR) is 82.5 cm³/mol. The normalized spacial score (nSPS) is 11.0. The van der Waals surface area contributed by atoms with Gasteiger partial charge in [0, 0.05) is 17.6 Å². The number of fused-ring (bicyclic) bond motifs is 1. The summed E-state index contributed by atoms with van der Waals surface area (Å²) in [5.74, 6) is -3.70. The Kier molecular flexibility index (Phi) is 6.01. The number of alkyl halides is 2. The standard InChI is InChI=1S/C14H15F2N3O2.ClH/c15-14(16,8-17)9-18-13(21)7-19-6-5-12(20)10-3-1-2-4-11(10)19;/h1-6H,7-9,17H2,(H,18,21);1H. The van der Waals surface area contributed by atoms with E-state index in [1.165, 1.54) is 16.8 Å². The fourth-order valence-corrected chi connectivity index (χ4v) is 1.91. The monoisotopic (exact) mass is 331 g/mol. The van der Waals surface area contributed by atoms with Crippen LogP contribution < -0.4 is 16.5 Å². The summed E-state index contributed by atoms with van der Waals surface area (Å²) in [6.07, 6.45) is 1.46. The molecule has 0 unspecified atom stereocenters. The fourth-order valence-electron chi connectivity index (χ4n) is 1.91. The van der Waals surface area contributed by atoms with Crippen LogP contribution in [0.2, 0.25) is 0 Å². The molecule has 1 heterocycles. The van der Waals surface area contributed by atoms with Gasteiger partial charge in [0.15, 0.2) is 5.43 Å². The highest BCUT2D eigenvalue weighted by Crippen LogP contribution is 2.10. The minimum atomic E-state index is -3.12. The molecular formula is C14H16ClF2N3O2. The Bertz CT molecular complexity index is 719. The summed E-state index contributed by atoms with van der Waals surface area (Å²) in [7, 11) is 0. The van der Waals surface area contributed by atoms with Crippen molar-refractivity contribution in [2.75, 3.05) is 13.1 Å². The number of hydrogen-bond acceptors (Lipinski definition) is 3. The Balaban J connectivity index is 0.00000242. The van der Waals surface area contributed by atoms with E-state index in [0.717, 1.165) is 0 Å². The zero-order chi connectivity index (χ0) is 15.5. The molecule has 0 aliphatic carbocycles. The lowest BCUT2D eigenvalue weighted by Crippen LogP contribution is -2.42. The first-order valence-corrected chi connectivity index (χ1v) is 6.36. The molecule has 2 rings (SSSR count). The van der Waals surface area contributed by atoms with Crippen LogP contribution in [0.1, 0.15) is 0 Å². The number of carbonyl (C=O) groups excluding carboxylic acids is 1. The third-order valence-electron chi connectivity index (χ3n) is 3.04. The number of hydrogen-bond donors (Lipinski definition) is 2. The number of aromatic nitrogens is 1. The highest BCUT2D eigenvalue weighted by Gasteiger charge is 2.27. The number of pyridine rings is 1. The smallest absolute Gasteiger partial charge is 0.277 e. The predicted octanol–water partition coefficient (Wildman–Crippen LogP) is 1.13. The molecule has 1 aromatic carbocycles. The number of halogens is 3. The molecule has 22 heavy (non-hydrogen) atoms. The van der Waals surface area contributed by atoms with E-state index in [2.05, 4.69) is 5.32 Å². The zero-order valence-electron chi connectivity index (χ0n) is 11.6. The van der Waals surface area contributed by atoms with Gasteiger partial charge in [0.1, 0.15) is 6.54 Å². The largest absolute Gasteiger partial charge is 0.348 e. The molecule has 120 valence electrons. The maximum atomic E-state index is 13.0. The minimum Gasteiger partial charge on any atom is -0.348 e. The number of para-hydroxylation sites is 1. The van der Waals surface area contributed by atoms with E-state index in [0.29, 0.717) is 10.9 Å². The van der Waals surface area contributed by atoms with Crippen molar-refractivity contribution in [1.29, 1.82) is 0 Å². The Labute approximate surface area is 131 Å². The summed E-state index contributed by atoms with van der Waals surface area (Å²) in [6.45, 7) is -1.78. The van der Waals surface area contributed by atoms with E-state index >= 15 is 0 Å². The van der Waals surface area contributed by atoms with Crippen LogP contribution in [-0.4, -0.2) is 29.5 Å². The molecule has 1 amide bonds. The number of benzene rings is 1. The zero-order valence-corrected chi connectivity index (χ0v) is 12.4. The van der Waals surface area contributed by atoms with E-state index < -0.39 is 24.9 Å². The van der Waals surface area contributed by atoms with Gasteiger partial charge >= 0.3 is 0 Å². The van der Waals surface area contributed by atoms with Crippen LogP contribution in [0, 0.1) is 0 Å². The van der Waals surface area contributed by atoms with E-state index in [-0.39, 0.29) is 24.4 Å². The lowest BCUT2D eigenvalue weighted by atomic mass is 10.2. The van der Waals surface area contributed by atoms with Crippen molar-refractivity contribution in [2.24, 2.45) is 5.73 Å². The molecule has 8 heteroatoms. The van der Waals surface area contributed by atoms with Crippen LogP contribution in [0.4, 0.5) is 8.78 Å². The highest BCUT2D eigenvalue weighted by molar-refractivity contribution is 5.85. The van der Waals surface area contributed by atoms with Crippen LogP contribution in [0.15, 0.2) is 41.3 Å². The molecule has 0 spiro atoms. The number of rotatable bonds is 5. The van der Waals surface area contributed by atoms with Gasteiger partial charge in [-0.05, 0) is 12.1 Å². The second kappa shape index (κ2) is 7.33. The van der Waals surface area contributed by atoms with E-state index in [1.807, 2.05) is 0 Å². The first-order chi connectivity index (χ1) is 9.93. The van der Waals surface area contributed by atoms with Gasteiger partial charge in [-0.25, -0.2) is 8.78 Å². The average molecular weight is 332 g/mol. The number of nitrogens with one attached hydrogen (secondary N) is 1.